The SMILES string of the molecule is c1cc(-c2ccc(N(c3cc4ccccc4c4ccccc34)c3cccc4oc5ccccc5c34)c3c2oc2ccccc23)cc(-n2c3ccccc3c3ccccc32)c1. The van der Waals surface area contributed by atoms with E-state index in [-0.39, 0.29) is 0 Å². The number of nitrogens with zero attached hydrogens (tertiary/aromatic N) is 2. The molecule has 0 aliphatic heterocycles. The van der Waals surface area contributed by atoms with Crippen molar-refractivity contribution < 1.29 is 8.83 Å². The summed E-state index contributed by atoms with van der Waals surface area (Å²) in [5.41, 5.74) is 12.1. The summed E-state index contributed by atoms with van der Waals surface area (Å²) in [6, 6.07) is 73.7. The second-order valence-corrected chi connectivity index (χ2v) is 15.6. The summed E-state index contributed by atoms with van der Waals surface area (Å²) in [5, 5.41) is 11.5. The van der Waals surface area contributed by atoms with Crippen LogP contribution in [0.15, 0.2) is 215 Å². The molecule has 10 aromatic carbocycles. The molecule has 0 atom stereocenters. The summed E-state index contributed by atoms with van der Waals surface area (Å²) in [6.45, 7) is 0. The largest absolute Gasteiger partial charge is 0.456 e. The Morgan fingerprint density at radius 2 is 0.917 bits per heavy atom. The number of rotatable bonds is 5. The molecule has 280 valence electrons. The summed E-state index contributed by atoms with van der Waals surface area (Å²) < 4.78 is 15.9. The quantitative estimate of drug-likeness (QED) is 0.164. The van der Waals surface area contributed by atoms with E-state index in [2.05, 4.69) is 210 Å². The van der Waals surface area contributed by atoms with Crippen LogP contribution in [0.5, 0.6) is 0 Å². The Kier molecular flexibility index (Phi) is 6.98. The number of para-hydroxylation sites is 4. The molecule has 0 saturated heterocycles. The Morgan fingerprint density at radius 1 is 0.350 bits per heavy atom. The smallest absolute Gasteiger partial charge is 0.145 e. The molecular weight excluding hydrogens is 733 g/mol. The van der Waals surface area contributed by atoms with Gasteiger partial charge in [-0.15, -0.1) is 0 Å². The lowest BCUT2D eigenvalue weighted by molar-refractivity contribution is 0.669. The lowest BCUT2D eigenvalue weighted by Gasteiger charge is -2.29. The number of anilines is 3. The molecule has 4 nitrogen and oxygen atoms in total. The van der Waals surface area contributed by atoms with Crippen molar-refractivity contribution in [3.05, 3.63) is 206 Å². The molecule has 60 heavy (non-hydrogen) atoms. The van der Waals surface area contributed by atoms with Gasteiger partial charge < -0.3 is 18.3 Å². The Morgan fingerprint density at radius 3 is 1.68 bits per heavy atom. The Bertz CT molecular complexity index is 3810. The first kappa shape index (κ1) is 32.9. The number of furan rings is 2. The van der Waals surface area contributed by atoms with Gasteiger partial charge in [-0.25, -0.2) is 0 Å². The van der Waals surface area contributed by atoms with E-state index in [1.54, 1.807) is 0 Å². The molecule has 4 heteroatoms. The van der Waals surface area contributed by atoms with Crippen LogP contribution in [0, 0.1) is 0 Å². The molecular formula is C56H34N2O2. The predicted octanol–water partition coefficient (Wildman–Crippen LogP) is 16.0. The van der Waals surface area contributed by atoms with E-state index in [4.69, 9.17) is 8.83 Å². The zero-order valence-electron chi connectivity index (χ0n) is 32.3. The van der Waals surface area contributed by atoms with Crippen LogP contribution in [0.2, 0.25) is 0 Å². The van der Waals surface area contributed by atoms with Gasteiger partial charge in [-0.3, -0.25) is 0 Å². The third-order valence-electron chi connectivity index (χ3n) is 12.3. The Balaban J connectivity index is 1.12. The highest BCUT2D eigenvalue weighted by molar-refractivity contribution is 6.23. The van der Waals surface area contributed by atoms with Gasteiger partial charge in [0.1, 0.15) is 22.3 Å². The van der Waals surface area contributed by atoms with Crippen molar-refractivity contribution in [3.8, 4) is 16.8 Å². The third kappa shape index (κ3) is 4.73. The van der Waals surface area contributed by atoms with E-state index in [1.807, 2.05) is 6.07 Å². The second-order valence-electron chi connectivity index (χ2n) is 15.6. The van der Waals surface area contributed by atoms with Crippen LogP contribution >= 0.6 is 0 Å². The molecule has 0 bridgehead atoms. The summed E-state index contributed by atoms with van der Waals surface area (Å²) >= 11 is 0. The number of benzene rings is 10. The van der Waals surface area contributed by atoms with Gasteiger partial charge in [0, 0.05) is 38.2 Å². The Hall–Kier alpha value is -8.08. The summed E-state index contributed by atoms with van der Waals surface area (Å²) in [5.74, 6) is 0. The maximum absolute atomic E-state index is 7.02. The first-order valence-electron chi connectivity index (χ1n) is 20.4. The lowest BCUT2D eigenvalue weighted by atomic mass is 9.96. The molecule has 0 aliphatic rings. The normalized spacial score (nSPS) is 12.0. The second kappa shape index (κ2) is 12.7. The fraction of sp³-hybridized carbons (Fsp3) is 0. The van der Waals surface area contributed by atoms with Crippen molar-refractivity contribution in [1.82, 2.24) is 4.57 Å². The minimum absolute atomic E-state index is 0.840. The highest BCUT2D eigenvalue weighted by Crippen LogP contribution is 2.51. The number of hydrogen-bond donors (Lipinski definition) is 0. The minimum atomic E-state index is 0.840. The average molecular weight is 767 g/mol. The topological polar surface area (TPSA) is 34.5 Å². The molecule has 13 aromatic rings. The molecule has 3 aromatic heterocycles. The van der Waals surface area contributed by atoms with E-state index >= 15 is 0 Å². The standard InChI is InChI=1S/C56H34N2O2/c1-2-18-38-36(15-1)34-50(41-20-4-3-19-40(38)41)58(48-27-14-30-53-54(48)44-23-7-11-28-51(44)59-53)49-32-31-39(56-55(49)45-24-8-12-29-52(45)60-56)35-16-13-17-37(33-35)57-46-25-9-5-21-42(46)43-22-6-10-26-47(43)57/h1-34H. The third-order valence-corrected chi connectivity index (χ3v) is 12.3. The van der Waals surface area contributed by atoms with Crippen molar-refractivity contribution in [1.29, 1.82) is 0 Å². The summed E-state index contributed by atoms with van der Waals surface area (Å²) in [4.78, 5) is 2.45. The van der Waals surface area contributed by atoms with Crippen LogP contribution in [0.4, 0.5) is 17.1 Å². The van der Waals surface area contributed by atoms with Crippen molar-refractivity contribution in [2.75, 3.05) is 4.90 Å². The van der Waals surface area contributed by atoms with Crippen molar-refractivity contribution >= 4 is 104 Å². The Labute approximate surface area is 344 Å². The first-order valence-corrected chi connectivity index (χ1v) is 20.4. The van der Waals surface area contributed by atoms with E-state index in [1.165, 1.54) is 38.0 Å². The summed E-state index contributed by atoms with van der Waals surface area (Å²) in [7, 11) is 0. The highest BCUT2D eigenvalue weighted by atomic mass is 16.3. The maximum Gasteiger partial charge on any atom is 0.145 e. The molecule has 0 unspecified atom stereocenters. The number of hydrogen-bond acceptors (Lipinski definition) is 3. The van der Waals surface area contributed by atoms with Gasteiger partial charge in [0.05, 0.1) is 38.9 Å². The molecule has 3 heterocycles. The molecule has 0 aliphatic carbocycles. The molecule has 0 amide bonds. The number of aromatic nitrogens is 1. The molecule has 0 fully saturated rings. The monoisotopic (exact) mass is 766 g/mol. The fourth-order valence-electron chi connectivity index (χ4n) is 9.79. The van der Waals surface area contributed by atoms with Gasteiger partial charge in [-0.05, 0) is 88.5 Å². The van der Waals surface area contributed by atoms with Gasteiger partial charge in [-0.2, -0.15) is 0 Å². The van der Waals surface area contributed by atoms with Crippen LogP contribution in [0.25, 0.3) is 104 Å². The molecule has 0 N–H and O–H groups in total. The van der Waals surface area contributed by atoms with Gasteiger partial charge in [-0.1, -0.05) is 140 Å². The van der Waals surface area contributed by atoms with E-state index in [0.717, 1.165) is 83.1 Å². The summed E-state index contributed by atoms with van der Waals surface area (Å²) in [6.07, 6.45) is 0. The minimum Gasteiger partial charge on any atom is -0.456 e. The first-order chi connectivity index (χ1) is 29.8. The molecule has 13 rings (SSSR count). The van der Waals surface area contributed by atoms with Crippen LogP contribution in [0.3, 0.4) is 0 Å². The van der Waals surface area contributed by atoms with Crippen molar-refractivity contribution in [3.63, 3.8) is 0 Å². The van der Waals surface area contributed by atoms with Crippen molar-refractivity contribution in [2.24, 2.45) is 0 Å². The van der Waals surface area contributed by atoms with Crippen LogP contribution in [0.1, 0.15) is 0 Å². The zero-order chi connectivity index (χ0) is 39.3. The van der Waals surface area contributed by atoms with E-state index in [0.29, 0.717) is 0 Å². The van der Waals surface area contributed by atoms with E-state index < -0.39 is 0 Å². The molecule has 0 saturated carbocycles. The van der Waals surface area contributed by atoms with Gasteiger partial charge in [0.2, 0.25) is 0 Å². The zero-order valence-corrected chi connectivity index (χ0v) is 32.3. The number of fused-ring (bicyclic) bond motifs is 12. The predicted molar refractivity (Wildman–Crippen MR) is 250 cm³/mol. The van der Waals surface area contributed by atoms with Gasteiger partial charge in [0.25, 0.3) is 0 Å². The van der Waals surface area contributed by atoms with Gasteiger partial charge >= 0.3 is 0 Å². The van der Waals surface area contributed by atoms with E-state index in [9.17, 15) is 0 Å². The van der Waals surface area contributed by atoms with Crippen LogP contribution < -0.4 is 4.90 Å². The van der Waals surface area contributed by atoms with Gasteiger partial charge in [0.15, 0.2) is 0 Å². The van der Waals surface area contributed by atoms with Crippen LogP contribution in [-0.4, -0.2) is 4.57 Å². The van der Waals surface area contributed by atoms with Crippen LogP contribution in [-0.2, 0) is 0 Å². The highest BCUT2D eigenvalue weighted by Gasteiger charge is 2.26. The van der Waals surface area contributed by atoms with Crippen molar-refractivity contribution in [2.45, 2.75) is 0 Å². The molecule has 0 radical (unpaired) electrons. The molecule has 0 spiro atoms. The maximum atomic E-state index is 7.02. The fourth-order valence-corrected chi connectivity index (χ4v) is 9.79. The lowest BCUT2D eigenvalue weighted by Crippen LogP contribution is -2.11. The average Bonchev–Trinajstić information content (AvgIpc) is 4.00.